The van der Waals surface area contributed by atoms with Crippen molar-refractivity contribution in [2.75, 3.05) is 5.73 Å². The van der Waals surface area contributed by atoms with Crippen molar-refractivity contribution in [3.8, 4) is 11.1 Å². The molecule has 1 heterocycles. The first kappa shape index (κ1) is 10.8. The van der Waals surface area contributed by atoms with Crippen molar-refractivity contribution < 1.29 is 0 Å². The Morgan fingerprint density at radius 3 is 2.53 bits per heavy atom. The van der Waals surface area contributed by atoms with E-state index in [0.29, 0.717) is 0 Å². The lowest BCUT2D eigenvalue weighted by molar-refractivity contribution is 0.686. The minimum Gasteiger partial charge on any atom is -0.391 e. The fourth-order valence-corrected chi connectivity index (χ4v) is 3.51. The third-order valence-electron chi connectivity index (χ3n) is 3.60. The second-order valence-electron chi connectivity index (χ2n) is 4.81. The first-order valence-electron chi connectivity index (χ1n) is 6.22. The third-order valence-corrected chi connectivity index (χ3v) is 4.48. The lowest BCUT2D eigenvalue weighted by Gasteiger charge is -2.16. The molecule has 0 radical (unpaired) electrons. The second-order valence-corrected chi connectivity index (χ2v) is 6.10. The summed E-state index contributed by atoms with van der Waals surface area (Å²) in [4.78, 5) is 1.32. The van der Waals surface area contributed by atoms with Gasteiger partial charge in [0, 0.05) is 4.88 Å². The summed E-state index contributed by atoms with van der Waals surface area (Å²) in [5, 5.41) is 0.912. The summed E-state index contributed by atoms with van der Waals surface area (Å²) in [6.45, 7) is 2.15. The maximum absolute atomic E-state index is 5.87. The molecule has 0 unspecified atom stereocenters. The van der Waals surface area contributed by atoms with Crippen LogP contribution in [-0.2, 0) is 12.8 Å². The minimum absolute atomic E-state index is 0.912. The Morgan fingerprint density at radius 2 is 1.82 bits per heavy atom. The van der Waals surface area contributed by atoms with E-state index >= 15 is 0 Å². The molecule has 2 heteroatoms. The van der Waals surface area contributed by atoms with E-state index in [0.717, 1.165) is 5.00 Å². The summed E-state index contributed by atoms with van der Waals surface area (Å²) < 4.78 is 0. The van der Waals surface area contributed by atoms with E-state index in [1.807, 2.05) is 0 Å². The number of thiophene rings is 1. The number of nitrogens with two attached hydrogens (primary N) is 1. The van der Waals surface area contributed by atoms with E-state index in [1.165, 1.54) is 47.3 Å². The standard InChI is InChI=1S/C15H17NS/c1-10-14(9-15(16)17-10)13-7-6-11-4-2-3-5-12(11)8-13/h6-9H,2-5,16H2,1H3. The number of benzene rings is 1. The Labute approximate surface area is 106 Å². The van der Waals surface area contributed by atoms with Gasteiger partial charge in [-0.05, 0) is 60.9 Å². The fraction of sp³-hybridized carbons (Fsp3) is 0.333. The molecule has 0 saturated heterocycles. The summed E-state index contributed by atoms with van der Waals surface area (Å²) in [6, 6.07) is 9.02. The van der Waals surface area contributed by atoms with Crippen molar-refractivity contribution >= 4 is 16.3 Å². The molecule has 0 amide bonds. The Kier molecular flexibility index (Phi) is 2.67. The Morgan fingerprint density at radius 1 is 1.06 bits per heavy atom. The van der Waals surface area contributed by atoms with Crippen molar-refractivity contribution in [3.05, 3.63) is 40.3 Å². The third kappa shape index (κ3) is 1.98. The molecule has 0 aliphatic heterocycles. The van der Waals surface area contributed by atoms with Crippen LogP contribution < -0.4 is 5.73 Å². The highest BCUT2D eigenvalue weighted by molar-refractivity contribution is 7.16. The molecule has 2 N–H and O–H groups in total. The van der Waals surface area contributed by atoms with Gasteiger partial charge in [-0.1, -0.05) is 18.2 Å². The average molecular weight is 243 g/mol. The van der Waals surface area contributed by atoms with E-state index in [-0.39, 0.29) is 0 Å². The maximum Gasteiger partial charge on any atom is 0.0865 e. The number of hydrogen-bond donors (Lipinski definition) is 1. The van der Waals surface area contributed by atoms with Crippen LogP contribution in [0.5, 0.6) is 0 Å². The summed E-state index contributed by atoms with van der Waals surface area (Å²) in [5.74, 6) is 0. The van der Waals surface area contributed by atoms with Crippen LogP contribution in [0.3, 0.4) is 0 Å². The molecule has 3 rings (SSSR count). The predicted octanol–water partition coefficient (Wildman–Crippen LogP) is 4.18. The SMILES string of the molecule is Cc1sc(N)cc1-c1ccc2c(c1)CCCC2. The van der Waals surface area contributed by atoms with Crippen LogP contribution >= 0.6 is 11.3 Å². The molecule has 0 bridgehead atoms. The number of fused-ring (bicyclic) bond motifs is 1. The van der Waals surface area contributed by atoms with Gasteiger partial charge in [0.15, 0.2) is 0 Å². The van der Waals surface area contributed by atoms with Gasteiger partial charge in [0.25, 0.3) is 0 Å². The van der Waals surface area contributed by atoms with Crippen molar-refractivity contribution in [3.63, 3.8) is 0 Å². The van der Waals surface area contributed by atoms with Crippen LogP contribution in [-0.4, -0.2) is 0 Å². The maximum atomic E-state index is 5.87. The van der Waals surface area contributed by atoms with Gasteiger partial charge in [0.05, 0.1) is 5.00 Å². The van der Waals surface area contributed by atoms with Gasteiger partial charge in [-0.15, -0.1) is 11.3 Å². The van der Waals surface area contributed by atoms with Gasteiger partial charge in [0.2, 0.25) is 0 Å². The highest BCUT2D eigenvalue weighted by atomic mass is 32.1. The summed E-state index contributed by atoms with van der Waals surface area (Å²) in [6.07, 6.45) is 5.17. The van der Waals surface area contributed by atoms with Gasteiger partial charge in [-0.25, -0.2) is 0 Å². The van der Waals surface area contributed by atoms with Gasteiger partial charge in [-0.3, -0.25) is 0 Å². The molecule has 1 aromatic carbocycles. The zero-order valence-corrected chi connectivity index (χ0v) is 10.9. The Hall–Kier alpha value is -1.28. The van der Waals surface area contributed by atoms with Gasteiger partial charge in [-0.2, -0.15) is 0 Å². The average Bonchev–Trinajstić information content (AvgIpc) is 2.68. The molecule has 17 heavy (non-hydrogen) atoms. The highest BCUT2D eigenvalue weighted by Gasteiger charge is 2.12. The lowest BCUT2D eigenvalue weighted by atomic mass is 9.89. The summed E-state index contributed by atoms with van der Waals surface area (Å²) in [7, 11) is 0. The van der Waals surface area contributed by atoms with Crippen molar-refractivity contribution in [2.24, 2.45) is 0 Å². The van der Waals surface area contributed by atoms with E-state index < -0.39 is 0 Å². The second kappa shape index (κ2) is 4.19. The van der Waals surface area contributed by atoms with Crippen molar-refractivity contribution in [1.82, 2.24) is 0 Å². The summed E-state index contributed by atoms with van der Waals surface area (Å²) >= 11 is 1.68. The molecule has 0 spiro atoms. The number of anilines is 1. The number of nitrogen functional groups attached to an aromatic ring is 1. The molecule has 0 atom stereocenters. The smallest absolute Gasteiger partial charge is 0.0865 e. The minimum atomic E-state index is 0.912. The Bertz CT molecular complexity index is 554. The Balaban J connectivity index is 2.06. The van der Waals surface area contributed by atoms with Gasteiger partial charge >= 0.3 is 0 Å². The predicted molar refractivity (Wildman–Crippen MR) is 75.5 cm³/mol. The topological polar surface area (TPSA) is 26.0 Å². The van der Waals surface area contributed by atoms with E-state index in [4.69, 9.17) is 5.73 Å². The quantitative estimate of drug-likeness (QED) is 0.798. The van der Waals surface area contributed by atoms with Crippen LogP contribution in [0.15, 0.2) is 24.3 Å². The van der Waals surface area contributed by atoms with Crippen LogP contribution in [0.1, 0.15) is 28.8 Å². The van der Waals surface area contributed by atoms with Crippen LogP contribution in [0.25, 0.3) is 11.1 Å². The lowest BCUT2D eigenvalue weighted by Crippen LogP contribution is -2.02. The van der Waals surface area contributed by atoms with Crippen molar-refractivity contribution in [2.45, 2.75) is 32.6 Å². The van der Waals surface area contributed by atoms with Crippen molar-refractivity contribution in [1.29, 1.82) is 0 Å². The molecule has 1 aliphatic rings. The number of rotatable bonds is 1. The molecule has 2 aromatic rings. The van der Waals surface area contributed by atoms with E-state index in [1.54, 1.807) is 16.9 Å². The van der Waals surface area contributed by atoms with Gasteiger partial charge in [0.1, 0.15) is 0 Å². The monoisotopic (exact) mass is 243 g/mol. The van der Waals surface area contributed by atoms with E-state index in [9.17, 15) is 0 Å². The van der Waals surface area contributed by atoms with Crippen LogP contribution in [0.4, 0.5) is 5.00 Å². The molecule has 0 saturated carbocycles. The molecule has 1 nitrogen and oxygen atoms in total. The largest absolute Gasteiger partial charge is 0.391 e. The molecule has 1 aromatic heterocycles. The molecule has 1 aliphatic carbocycles. The number of aryl methyl sites for hydroxylation is 3. The molecular formula is C15H17NS. The fourth-order valence-electron chi connectivity index (χ4n) is 2.69. The zero-order valence-electron chi connectivity index (χ0n) is 10.1. The van der Waals surface area contributed by atoms with Crippen LogP contribution in [0, 0.1) is 6.92 Å². The number of hydrogen-bond acceptors (Lipinski definition) is 2. The van der Waals surface area contributed by atoms with E-state index in [2.05, 4.69) is 31.2 Å². The molecule has 0 fully saturated rings. The first-order chi connectivity index (χ1) is 8.24. The highest BCUT2D eigenvalue weighted by Crippen LogP contribution is 2.34. The molecule has 88 valence electrons. The van der Waals surface area contributed by atoms with Gasteiger partial charge < -0.3 is 5.73 Å². The normalized spacial score (nSPS) is 14.6. The summed E-state index contributed by atoms with van der Waals surface area (Å²) in [5.41, 5.74) is 11.6. The van der Waals surface area contributed by atoms with Crippen LogP contribution in [0.2, 0.25) is 0 Å². The first-order valence-corrected chi connectivity index (χ1v) is 7.04. The molecular weight excluding hydrogens is 226 g/mol. The zero-order chi connectivity index (χ0) is 11.8.